The lowest BCUT2D eigenvalue weighted by atomic mass is 9.77. The van der Waals surface area contributed by atoms with Gasteiger partial charge in [-0.05, 0) is 69.9 Å². The van der Waals surface area contributed by atoms with Crippen molar-refractivity contribution in [2.24, 2.45) is 11.8 Å². The molecule has 0 radical (unpaired) electrons. The van der Waals surface area contributed by atoms with Crippen molar-refractivity contribution < 1.29 is 9.53 Å². The number of carbonyl (C=O) groups excluding carboxylic acids is 1. The van der Waals surface area contributed by atoms with Crippen LogP contribution in [-0.4, -0.2) is 29.2 Å². The van der Waals surface area contributed by atoms with Crippen LogP contribution >= 0.6 is 0 Å². The van der Waals surface area contributed by atoms with E-state index in [9.17, 15) is 4.79 Å². The summed E-state index contributed by atoms with van der Waals surface area (Å²) in [5.41, 5.74) is 2.31. The Balaban J connectivity index is 1.50. The van der Waals surface area contributed by atoms with E-state index >= 15 is 0 Å². The zero-order valence-electron chi connectivity index (χ0n) is 20.9. The Morgan fingerprint density at radius 2 is 1.45 bits per heavy atom. The van der Waals surface area contributed by atoms with Crippen LogP contribution < -0.4 is 5.32 Å². The number of hydrogen-bond acceptors (Lipinski definition) is 3. The van der Waals surface area contributed by atoms with Crippen molar-refractivity contribution in [3.05, 3.63) is 71.8 Å². The Morgan fingerprint density at radius 1 is 0.939 bits per heavy atom. The van der Waals surface area contributed by atoms with Gasteiger partial charge < -0.3 is 10.1 Å². The molecule has 1 aliphatic rings. The number of nitrogens with one attached hydrogen (secondary N) is 1. The molecule has 1 atom stereocenters. The molecular weight excluding hydrogens is 408 g/mol. The molecule has 0 aliphatic heterocycles. The first-order valence-corrected chi connectivity index (χ1v) is 12.6. The summed E-state index contributed by atoms with van der Waals surface area (Å²) in [6, 6.07) is 22.2. The monoisotopic (exact) mass is 450 g/mol. The summed E-state index contributed by atoms with van der Waals surface area (Å²) < 4.78 is 5.34. The summed E-state index contributed by atoms with van der Waals surface area (Å²) in [5.74, 6) is 1.41. The third-order valence-electron chi connectivity index (χ3n) is 6.83. The molecule has 4 heteroatoms. The van der Waals surface area contributed by atoms with Crippen LogP contribution in [-0.2, 0) is 17.8 Å². The first-order valence-electron chi connectivity index (χ1n) is 12.6. The molecule has 1 amide bonds. The van der Waals surface area contributed by atoms with Gasteiger partial charge in [0, 0.05) is 25.7 Å². The van der Waals surface area contributed by atoms with Gasteiger partial charge in [0.05, 0.1) is 0 Å². The second kappa shape index (κ2) is 12.2. The van der Waals surface area contributed by atoms with E-state index < -0.39 is 5.60 Å². The second-order valence-electron chi connectivity index (χ2n) is 10.6. The highest BCUT2D eigenvalue weighted by molar-refractivity contribution is 5.67. The van der Waals surface area contributed by atoms with E-state index in [0.29, 0.717) is 24.4 Å². The van der Waals surface area contributed by atoms with E-state index in [4.69, 9.17) is 4.74 Å². The third kappa shape index (κ3) is 8.85. The molecule has 33 heavy (non-hydrogen) atoms. The zero-order chi connectivity index (χ0) is 23.7. The van der Waals surface area contributed by atoms with Crippen molar-refractivity contribution >= 4 is 6.09 Å². The van der Waals surface area contributed by atoms with E-state index in [1.165, 1.54) is 36.8 Å². The van der Waals surface area contributed by atoms with Gasteiger partial charge in [0.15, 0.2) is 0 Å². The van der Waals surface area contributed by atoms with Gasteiger partial charge >= 0.3 is 6.09 Å². The van der Waals surface area contributed by atoms with Crippen LogP contribution in [0.3, 0.4) is 0 Å². The number of hydrogen-bond donors (Lipinski definition) is 1. The van der Waals surface area contributed by atoms with Crippen molar-refractivity contribution in [3.63, 3.8) is 0 Å². The van der Waals surface area contributed by atoms with Gasteiger partial charge in [-0.1, -0.05) is 73.5 Å². The van der Waals surface area contributed by atoms with Gasteiger partial charge in [-0.25, -0.2) is 4.79 Å². The average Bonchev–Trinajstić information content (AvgIpc) is 2.79. The van der Waals surface area contributed by atoms with E-state index in [-0.39, 0.29) is 6.09 Å². The van der Waals surface area contributed by atoms with Crippen molar-refractivity contribution in [3.8, 4) is 0 Å². The average molecular weight is 451 g/mol. The number of amides is 1. The minimum atomic E-state index is -0.441. The van der Waals surface area contributed by atoms with Crippen LogP contribution in [0.25, 0.3) is 0 Å². The molecule has 0 saturated heterocycles. The third-order valence-corrected chi connectivity index (χ3v) is 6.83. The quantitative estimate of drug-likeness (QED) is 0.457. The molecule has 0 unspecified atom stereocenters. The highest BCUT2D eigenvalue weighted by Gasteiger charge is 2.29. The Hall–Kier alpha value is -2.33. The largest absolute Gasteiger partial charge is 0.444 e. The van der Waals surface area contributed by atoms with Crippen molar-refractivity contribution in [1.29, 1.82) is 0 Å². The fraction of sp³-hybridized carbons (Fsp3) is 0.552. The molecule has 0 spiro atoms. The lowest BCUT2D eigenvalue weighted by molar-refractivity contribution is 0.0521. The molecule has 2 aromatic carbocycles. The molecule has 0 aromatic heterocycles. The normalized spacial score (nSPS) is 19.8. The summed E-state index contributed by atoms with van der Waals surface area (Å²) >= 11 is 0. The van der Waals surface area contributed by atoms with E-state index in [1.54, 1.807) is 0 Å². The molecule has 2 aromatic rings. The number of alkyl carbamates (subject to hydrolysis) is 1. The maximum absolute atomic E-state index is 11.9. The van der Waals surface area contributed by atoms with Crippen molar-refractivity contribution in [1.82, 2.24) is 10.2 Å². The smallest absolute Gasteiger partial charge is 0.407 e. The number of benzene rings is 2. The topological polar surface area (TPSA) is 41.6 Å². The SMILES string of the molecule is C[C@@H](C1CCC(CCNC(=O)OC(C)(C)C)CC1)N(Cc1ccccc1)Cc1ccccc1. The molecule has 180 valence electrons. The predicted octanol–water partition coefficient (Wildman–Crippen LogP) is 6.80. The lowest BCUT2D eigenvalue weighted by Gasteiger charge is -2.39. The molecule has 0 bridgehead atoms. The van der Waals surface area contributed by atoms with Gasteiger partial charge in [0.1, 0.15) is 5.60 Å². The Kier molecular flexibility index (Phi) is 9.37. The van der Waals surface area contributed by atoms with E-state index in [0.717, 1.165) is 19.5 Å². The van der Waals surface area contributed by atoms with Crippen molar-refractivity contribution in [2.45, 2.75) is 84.5 Å². The zero-order valence-corrected chi connectivity index (χ0v) is 20.9. The molecule has 1 fully saturated rings. The van der Waals surface area contributed by atoms with Crippen LogP contribution in [0.2, 0.25) is 0 Å². The van der Waals surface area contributed by atoms with Crippen LogP contribution in [0.5, 0.6) is 0 Å². The summed E-state index contributed by atoms with van der Waals surface area (Å²) in [6.07, 6.45) is 5.75. The first kappa shape index (κ1) is 25.3. The number of carbonyl (C=O) groups is 1. The fourth-order valence-electron chi connectivity index (χ4n) is 4.93. The first-order chi connectivity index (χ1) is 15.8. The molecule has 1 saturated carbocycles. The highest BCUT2D eigenvalue weighted by Crippen LogP contribution is 2.35. The minimum Gasteiger partial charge on any atom is -0.444 e. The highest BCUT2D eigenvalue weighted by atomic mass is 16.6. The van der Waals surface area contributed by atoms with Gasteiger partial charge in [0.2, 0.25) is 0 Å². The van der Waals surface area contributed by atoms with E-state index in [1.807, 2.05) is 20.8 Å². The van der Waals surface area contributed by atoms with Crippen LogP contribution in [0.1, 0.15) is 70.9 Å². The maximum atomic E-state index is 11.9. The standard InChI is InChI=1S/C29H42N2O2/c1-23(27-17-15-24(16-18-27)19-20-30-28(32)33-29(2,3)4)31(21-25-11-7-5-8-12-25)22-26-13-9-6-10-14-26/h5-14,23-24,27H,15-22H2,1-4H3,(H,30,32)/t23-,24?,27?/m0/s1. The van der Waals surface area contributed by atoms with Gasteiger partial charge in [-0.3, -0.25) is 4.90 Å². The lowest BCUT2D eigenvalue weighted by Crippen LogP contribution is -2.39. The van der Waals surface area contributed by atoms with Gasteiger partial charge in [-0.2, -0.15) is 0 Å². The van der Waals surface area contributed by atoms with Gasteiger partial charge in [0.25, 0.3) is 0 Å². The van der Waals surface area contributed by atoms with Crippen molar-refractivity contribution in [2.75, 3.05) is 6.54 Å². The Morgan fingerprint density at radius 3 is 1.94 bits per heavy atom. The maximum Gasteiger partial charge on any atom is 0.407 e. The Labute approximate surface area is 200 Å². The minimum absolute atomic E-state index is 0.303. The summed E-state index contributed by atoms with van der Waals surface area (Å²) in [7, 11) is 0. The van der Waals surface area contributed by atoms with Gasteiger partial charge in [-0.15, -0.1) is 0 Å². The molecule has 3 rings (SSSR count). The number of nitrogens with zero attached hydrogens (tertiary/aromatic N) is 1. The van der Waals surface area contributed by atoms with Crippen LogP contribution in [0.4, 0.5) is 4.79 Å². The predicted molar refractivity (Wildman–Crippen MR) is 136 cm³/mol. The summed E-state index contributed by atoms with van der Waals surface area (Å²) in [5, 5.41) is 2.92. The summed E-state index contributed by atoms with van der Waals surface area (Å²) in [6.45, 7) is 10.8. The Bertz CT molecular complexity index is 782. The molecule has 4 nitrogen and oxygen atoms in total. The molecular formula is C29H42N2O2. The molecule has 1 N–H and O–H groups in total. The molecule has 1 aliphatic carbocycles. The second-order valence-corrected chi connectivity index (χ2v) is 10.6. The summed E-state index contributed by atoms with van der Waals surface area (Å²) in [4.78, 5) is 14.5. The van der Waals surface area contributed by atoms with E-state index in [2.05, 4.69) is 77.8 Å². The fourth-order valence-corrected chi connectivity index (χ4v) is 4.93. The number of rotatable bonds is 9. The van der Waals surface area contributed by atoms with Crippen LogP contribution in [0, 0.1) is 11.8 Å². The molecule has 0 heterocycles. The number of ether oxygens (including phenoxy) is 1. The van der Waals surface area contributed by atoms with Crippen LogP contribution in [0.15, 0.2) is 60.7 Å².